The Bertz CT molecular complexity index is 299. The predicted molar refractivity (Wildman–Crippen MR) is 73.9 cm³/mol. The molecule has 1 aliphatic heterocycles. The fourth-order valence-corrected chi connectivity index (χ4v) is 2.40. The van der Waals surface area contributed by atoms with Gasteiger partial charge in [0.05, 0.1) is 0 Å². The first kappa shape index (κ1) is 16.0. The van der Waals surface area contributed by atoms with Gasteiger partial charge in [-0.1, -0.05) is 20.3 Å². The molecule has 0 aromatic heterocycles. The first-order valence-electron chi connectivity index (χ1n) is 7.23. The number of nitrogens with zero attached hydrogens (tertiary/aromatic N) is 1. The number of carboxylic acids is 1. The number of hydrogen-bond donors (Lipinski definition) is 2. The minimum absolute atomic E-state index is 0.154. The Morgan fingerprint density at radius 3 is 2.37 bits per heavy atom. The van der Waals surface area contributed by atoms with Gasteiger partial charge in [-0.2, -0.15) is 0 Å². The summed E-state index contributed by atoms with van der Waals surface area (Å²) in [6.45, 7) is 6.76. The van der Waals surface area contributed by atoms with Gasteiger partial charge in [0.1, 0.15) is 6.04 Å². The van der Waals surface area contributed by atoms with E-state index in [1.165, 1.54) is 19.3 Å². The van der Waals surface area contributed by atoms with Gasteiger partial charge in [0.25, 0.3) is 0 Å². The molecule has 0 saturated carbocycles. The highest BCUT2D eigenvalue weighted by Crippen LogP contribution is 2.09. The molecular formula is C14H26N2O3. The first-order chi connectivity index (χ1) is 8.99. The van der Waals surface area contributed by atoms with Gasteiger partial charge < -0.3 is 15.3 Å². The van der Waals surface area contributed by atoms with Crippen LogP contribution in [0.2, 0.25) is 0 Å². The zero-order valence-electron chi connectivity index (χ0n) is 12.0. The zero-order chi connectivity index (χ0) is 14.3. The van der Waals surface area contributed by atoms with Crippen LogP contribution >= 0.6 is 0 Å². The molecule has 0 unspecified atom stereocenters. The van der Waals surface area contributed by atoms with Crippen molar-refractivity contribution in [1.82, 2.24) is 10.2 Å². The summed E-state index contributed by atoms with van der Waals surface area (Å²) in [5.41, 5.74) is 0. The Balaban J connectivity index is 2.29. The standard InChI is InChI=1S/C14H26N2O3/c1-11(2)10-12(14(18)19)15-13(17)6-9-16-7-4-3-5-8-16/h11-12H,3-10H2,1-2H3,(H,15,17)(H,18,19)/t12-/m0/s1. The van der Waals surface area contributed by atoms with Crippen molar-refractivity contribution in [3.05, 3.63) is 0 Å². The van der Waals surface area contributed by atoms with Gasteiger partial charge in [-0.25, -0.2) is 4.79 Å². The highest BCUT2D eigenvalue weighted by atomic mass is 16.4. The first-order valence-corrected chi connectivity index (χ1v) is 7.23. The Morgan fingerprint density at radius 1 is 1.21 bits per heavy atom. The number of carbonyl (C=O) groups excluding carboxylic acids is 1. The maximum absolute atomic E-state index is 11.8. The number of piperidine rings is 1. The fourth-order valence-electron chi connectivity index (χ4n) is 2.40. The van der Waals surface area contributed by atoms with Crippen molar-refractivity contribution in [3.63, 3.8) is 0 Å². The molecule has 5 nitrogen and oxygen atoms in total. The molecule has 1 heterocycles. The van der Waals surface area contributed by atoms with Crippen LogP contribution in [-0.4, -0.2) is 47.6 Å². The van der Waals surface area contributed by atoms with Crippen LogP contribution in [0.4, 0.5) is 0 Å². The summed E-state index contributed by atoms with van der Waals surface area (Å²) < 4.78 is 0. The van der Waals surface area contributed by atoms with E-state index in [4.69, 9.17) is 5.11 Å². The molecule has 2 N–H and O–H groups in total. The second-order valence-corrected chi connectivity index (χ2v) is 5.74. The molecule has 19 heavy (non-hydrogen) atoms. The highest BCUT2D eigenvalue weighted by Gasteiger charge is 2.21. The lowest BCUT2D eigenvalue weighted by atomic mass is 10.0. The van der Waals surface area contributed by atoms with Crippen LogP contribution in [0, 0.1) is 5.92 Å². The van der Waals surface area contributed by atoms with E-state index >= 15 is 0 Å². The summed E-state index contributed by atoms with van der Waals surface area (Å²) in [6.07, 6.45) is 4.55. The third-order valence-electron chi connectivity index (χ3n) is 3.44. The molecule has 110 valence electrons. The van der Waals surface area contributed by atoms with E-state index in [9.17, 15) is 9.59 Å². The lowest BCUT2D eigenvalue weighted by molar-refractivity contribution is -0.142. The van der Waals surface area contributed by atoms with Crippen LogP contribution in [0.5, 0.6) is 0 Å². The summed E-state index contributed by atoms with van der Waals surface area (Å²) in [5.74, 6) is -0.845. The van der Waals surface area contributed by atoms with Crippen LogP contribution in [0.25, 0.3) is 0 Å². The van der Waals surface area contributed by atoms with Crippen molar-refractivity contribution in [1.29, 1.82) is 0 Å². The minimum atomic E-state index is -0.944. The predicted octanol–water partition coefficient (Wildman–Crippen LogP) is 1.48. The number of carbonyl (C=O) groups is 2. The molecular weight excluding hydrogens is 244 g/mol. The molecule has 0 spiro atoms. The smallest absolute Gasteiger partial charge is 0.326 e. The van der Waals surface area contributed by atoms with Gasteiger partial charge in [0, 0.05) is 13.0 Å². The molecule has 0 aromatic rings. The van der Waals surface area contributed by atoms with Crippen LogP contribution < -0.4 is 5.32 Å². The van der Waals surface area contributed by atoms with Gasteiger partial charge in [-0.15, -0.1) is 0 Å². The fraction of sp³-hybridized carbons (Fsp3) is 0.857. The van der Waals surface area contributed by atoms with Gasteiger partial charge in [-0.3, -0.25) is 4.79 Å². The molecule has 0 bridgehead atoms. The van der Waals surface area contributed by atoms with Crippen molar-refractivity contribution in [2.24, 2.45) is 5.92 Å². The third kappa shape index (κ3) is 6.57. The minimum Gasteiger partial charge on any atom is -0.480 e. The number of aliphatic carboxylic acids is 1. The van der Waals surface area contributed by atoms with E-state index in [-0.39, 0.29) is 11.8 Å². The highest BCUT2D eigenvalue weighted by molar-refractivity contribution is 5.83. The van der Waals surface area contributed by atoms with Crippen molar-refractivity contribution in [2.45, 2.75) is 52.0 Å². The molecule has 5 heteroatoms. The second kappa shape index (κ2) is 8.15. The maximum atomic E-state index is 11.8. The Hall–Kier alpha value is -1.10. The van der Waals surface area contributed by atoms with E-state index in [0.29, 0.717) is 12.8 Å². The molecule has 1 saturated heterocycles. The quantitative estimate of drug-likeness (QED) is 0.735. The van der Waals surface area contributed by atoms with Crippen molar-refractivity contribution in [2.75, 3.05) is 19.6 Å². The third-order valence-corrected chi connectivity index (χ3v) is 3.44. The van der Waals surface area contributed by atoms with Gasteiger partial charge in [-0.05, 0) is 38.3 Å². The topological polar surface area (TPSA) is 69.6 Å². The molecule has 1 rings (SSSR count). The average Bonchev–Trinajstić information content (AvgIpc) is 2.36. The van der Waals surface area contributed by atoms with Crippen molar-refractivity contribution in [3.8, 4) is 0 Å². The summed E-state index contributed by atoms with van der Waals surface area (Å²) in [4.78, 5) is 25.1. The normalized spacial score (nSPS) is 18.3. The Morgan fingerprint density at radius 2 is 1.84 bits per heavy atom. The molecule has 1 atom stereocenters. The number of likely N-dealkylation sites (tertiary alicyclic amines) is 1. The van der Waals surface area contributed by atoms with Crippen LogP contribution in [0.1, 0.15) is 46.0 Å². The van der Waals surface area contributed by atoms with Crippen molar-refractivity contribution < 1.29 is 14.7 Å². The average molecular weight is 270 g/mol. The molecule has 1 fully saturated rings. The largest absolute Gasteiger partial charge is 0.480 e. The van der Waals surface area contributed by atoms with Gasteiger partial charge >= 0.3 is 5.97 Å². The lowest BCUT2D eigenvalue weighted by Crippen LogP contribution is -2.43. The number of rotatable bonds is 7. The van der Waals surface area contributed by atoms with E-state index in [2.05, 4.69) is 10.2 Å². The molecule has 1 aliphatic rings. The SMILES string of the molecule is CC(C)C[C@H](NC(=O)CCN1CCCCC1)C(=O)O. The number of nitrogens with one attached hydrogen (secondary N) is 1. The molecule has 1 amide bonds. The van der Waals surface area contributed by atoms with Crippen LogP contribution in [0.15, 0.2) is 0 Å². The van der Waals surface area contributed by atoms with Gasteiger partial charge in [0.15, 0.2) is 0 Å². The Kier molecular flexibility index (Phi) is 6.84. The maximum Gasteiger partial charge on any atom is 0.326 e. The Labute approximate surface area is 115 Å². The summed E-state index contributed by atoms with van der Waals surface area (Å²) in [7, 11) is 0. The number of carboxylic acid groups (broad SMARTS) is 1. The van der Waals surface area contributed by atoms with E-state index in [1.54, 1.807) is 0 Å². The van der Waals surface area contributed by atoms with E-state index in [0.717, 1.165) is 19.6 Å². The number of amides is 1. The summed E-state index contributed by atoms with van der Waals surface area (Å²) in [6, 6.07) is -0.756. The number of hydrogen-bond acceptors (Lipinski definition) is 3. The van der Waals surface area contributed by atoms with E-state index < -0.39 is 12.0 Å². The second-order valence-electron chi connectivity index (χ2n) is 5.74. The zero-order valence-corrected chi connectivity index (χ0v) is 12.0. The lowest BCUT2D eigenvalue weighted by Gasteiger charge is -2.26. The van der Waals surface area contributed by atoms with E-state index in [1.807, 2.05) is 13.8 Å². The molecule has 0 aliphatic carbocycles. The summed E-state index contributed by atoms with van der Waals surface area (Å²) in [5, 5.41) is 11.7. The summed E-state index contributed by atoms with van der Waals surface area (Å²) >= 11 is 0. The molecule has 0 aromatic carbocycles. The van der Waals surface area contributed by atoms with Crippen LogP contribution in [-0.2, 0) is 9.59 Å². The molecule has 0 radical (unpaired) electrons. The van der Waals surface area contributed by atoms with Gasteiger partial charge in [0.2, 0.25) is 5.91 Å². The van der Waals surface area contributed by atoms with Crippen LogP contribution in [0.3, 0.4) is 0 Å². The van der Waals surface area contributed by atoms with Crippen molar-refractivity contribution >= 4 is 11.9 Å². The monoisotopic (exact) mass is 270 g/mol.